The molecule has 28 heavy (non-hydrogen) atoms. The van der Waals surface area contributed by atoms with Gasteiger partial charge in [-0.1, -0.05) is 12.1 Å². The van der Waals surface area contributed by atoms with E-state index >= 15 is 0 Å². The zero-order chi connectivity index (χ0) is 19.7. The van der Waals surface area contributed by atoms with Crippen molar-refractivity contribution in [2.75, 3.05) is 13.1 Å². The van der Waals surface area contributed by atoms with Crippen LogP contribution in [0.2, 0.25) is 0 Å². The van der Waals surface area contributed by atoms with Crippen LogP contribution in [0, 0.1) is 17.3 Å². The molecule has 5 rings (SSSR count). The number of hydrogen-bond donors (Lipinski definition) is 1. The quantitative estimate of drug-likeness (QED) is 0.881. The number of nitrogens with zero attached hydrogens (tertiary/aromatic N) is 3. The van der Waals surface area contributed by atoms with Gasteiger partial charge in [0.1, 0.15) is 0 Å². The molecule has 1 saturated heterocycles. The first-order valence-corrected chi connectivity index (χ1v) is 10.7. The second kappa shape index (κ2) is 6.06. The summed E-state index contributed by atoms with van der Waals surface area (Å²) in [5, 5.41) is 15.6. The molecule has 150 valence electrons. The fourth-order valence-electron chi connectivity index (χ4n) is 5.88. The predicted molar refractivity (Wildman–Crippen MR) is 109 cm³/mol. The van der Waals surface area contributed by atoms with Gasteiger partial charge >= 0.3 is 0 Å². The number of aromatic nitrogens is 2. The van der Waals surface area contributed by atoms with Gasteiger partial charge in [-0.2, -0.15) is 5.10 Å². The number of amides is 1. The molecule has 1 aliphatic heterocycles. The molecule has 2 saturated carbocycles. The van der Waals surface area contributed by atoms with Crippen LogP contribution in [0.3, 0.4) is 0 Å². The third-order valence-electron chi connectivity index (χ3n) is 7.21. The van der Waals surface area contributed by atoms with Gasteiger partial charge in [0.05, 0.1) is 17.3 Å². The Morgan fingerprint density at radius 1 is 1.25 bits per heavy atom. The highest BCUT2D eigenvalue weighted by atomic mass is 16.3. The van der Waals surface area contributed by atoms with Crippen molar-refractivity contribution in [1.29, 1.82) is 0 Å². The van der Waals surface area contributed by atoms with Crippen LogP contribution in [0.5, 0.6) is 0 Å². The summed E-state index contributed by atoms with van der Waals surface area (Å²) >= 11 is 0. The molecule has 5 nitrogen and oxygen atoms in total. The number of aliphatic hydroxyl groups is 1. The van der Waals surface area contributed by atoms with Crippen LogP contribution in [0.4, 0.5) is 0 Å². The maximum absolute atomic E-state index is 12.5. The van der Waals surface area contributed by atoms with Crippen molar-refractivity contribution in [3.8, 4) is 0 Å². The lowest BCUT2D eigenvalue weighted by atomic mass is 9.56. The molecule has 2 aromatic rings. The Kier molecular flexibility index (Phi) is 3.93. The number of rotatable bonds is 4. The highest BCUT2D eigenvalue weighted by Gasteiger charge is 2.55. The van der Waals surface area contributed by atoms with Crippen LogP contribution in [0.25, 0.3) is 10.9 Å². The van der Waals surface area contributed by atoms with E-state index in [9.17, 15) is 9.90 Å². The van der Waals surface area contributed by atoms with Crippen LogP contribution in [0.15, 0.2) is 24.4 Å². The molecule has 1 aromatic carbocycles. The molecule has 3 fully saturated rings. The van der Waals surface area contributed by atoms with Crippen LogP contribution in [0.1, 0.15) is 58.1 Å². The predicted octanol–water partition coefficient (Wildman–Crippen LogP) is 3.56. The third kappa shape index (κ3) is 2.95. The van der Waals surface area contributed by atoms with E-state index in [1.807, 2.05) is 18.0 Å². The topological polar surface area (TPSA) is 58.4 Å². The SMILES string of the molecule is CC(C)n1ncc2ccc(CC3CC4(C3)CN(C(=O)C3CC(C)(O)C3)C4)cc21. The van der Waals surface area contributed by atoms with E-state index in [4.69, 9.17) is 0 Å². The summed E-state index contributed by atoms with van der Waals surface area (Å²) in [6.45, 7) is 8.03. The second-order valence-corrected chi connectivity index (χ2v) is 10.4. The minimum atomic E-state index is -0.615. The highest BCUT2D eigenvalue weighted by Crippen LogP contribution is 2.54. The zero-order valence-corrected chi connectivity index (χ0v) is 17.2. The van der Waals surface area contributed by atoms with Crippen LogP contribution in [-0.4, -0.2) is 44.4 Å². The van der Waals surface area contributed by atoms with Gasteiger partial charge in [0, 0.05) is 35.9 Å². The van der Waals surface area contributed by atoms with Gasteiger partial charge in [-0.25, -0.2) is 0 Å². The number of carbonyl (C=O) groups is 1. The Morgan fingerprint density at radius 2 is 1.96 bits per heavy atom. The fraction of sp³-hybridized carbons (Fsp3) is 0.652. The first-order valence-electron chi connectivity index (χ1n) is 10.7. The zero-order valence-electron chi connectivity index (χ0n) is 17.2. The first-order chi connectivity index (χ1) is 13.2. The molecule has 2 aliphatic carbocycles. The van der Waals surface area contributed by atoms with E-state index in [-0.39, 0.29) is 11.8 Å². The van der Waals surface area contributed by atoms with Crippen LogP contribution in [-0.2, 0) is 11.2 Å². The molecule has 1 aromatic heterocycles. The molecular weight excluding hydrogens is 350 g/mol. The van der Waals surface area contributed by atoms with Crippen molar-refractivity contribution in [1.82, 2.24) is 14.7 Å². The largest absolute Gasteiger partial charge is 0.390 e. The number of benzene rings is 1. The number of likely N-dealkylation sites (tertiary alicyclic amines) is 1. The van der Waals surface area contributed by atoms with Crippen molar-refractivity contribution < 1.29 is 9.90 Å². The van der Waals surface area contributed by atoms with Gasteiger partial charge in [0.25, 0.3) is 0 Å². The third-order valence-corrected chi connectivity index (χ3v) is 7.21. The van der Waals surface area contributed by atoms with E-state index in [2.05, 4.69) is 41.8 Å². The molecular formula is C23H31N3O2. The Bertz CT molecular complexity index is 907. The molecule has 3 aliphatic rings. The van der Waals surface area contributed by atoms with E-state index in [0.717, 1.165) is 25.4 Å². The van der Waals surface area contributed by atoms with Gasteiger partial charge in [-0.15, -0.1) is 0 Å². The van der Waals surface area contributed by atoms with E-state index in [1.54, 1.807) is 0 Å². The minimum absolute atomic E-state index is 0.0563. The van der Waals surface area contributed by atoms with Gasteiger partial charge in [0.2, 0.25) is 5.91 Å². The Hall–Kier alpha value is -1.88. The first kappa shape index (κ1) is 18.2. The summed E-state index contributed by atoms with van der Waals surface area (Å²) in [5.41, 5.74) is 2.41. The number of hydrogen-bond acceptors (Lipinski definition) is 3. The lowest BCUT2D eigenvalue weighted by Crippen LogP contribution is -2.66. The van der Waals surface area contributed by atoms with Gasteiger partial charge in [-0.3, -0.25) is 9.48 Å². The monoisotopic (exact) mass is 381 g/mol. The Labute approximate surface area is 166 Å². The normalized spacial score (nSPS) is 29.0. The molecule has 2 heterocycles. The van der Waals surface area contributed by atoms with Crippen molar-refractivity contribution in [3.05, 3.63) is 30.0 Å². The van der Waals surface area contributed by atoms with Crippen LogP contribution < -0.4 is 0 Å². The van der Waals surface area contributed by atoms with E-state index < -0.39 is 5.60 Å². The standard InChI is InChI=1S/C23H31N3O2/c1-15(2)26-20-7-16(4-5-18(20)12-24-26)6-17-8-23(9-17)13-25(14-23)21(27)19-10-22(3,28)11-19/h4-5,7,12,15,17,19,28H,6,8-11,13-14H2,1-3H3. The second-order valence-electron chi connectivity index (χ2n) is 10.4. The van der Waals surface area contributed by atoms with Crippen LogP contribution >= 0.6 is 0 Å². The molecule has 0 radical (unpaired) electrons. The smallest absolute Gasteiger partial charge is 0.225 e. The van der Waals surface area contributed by atoms with Crippen molar-refractivity contribution in [3.63, 3.8) is 0 Å². The molecule has 1 spiro atoms. The van der Waals surface area contributed by atoms with Gasteiger partial charge in [-0.05, 0) is 70.4 Å². The van der Waals surface area contributed by atoms with Gasteiger partial charge in [0.15, 0.2) is 0 Å². The maximum Gasteiger partial charge on any atom is 0.225 e. The van der Waals surface area contributed by atoms with Crippen molar-refractivity contribution >= 4 is 16.8 Å². The average molecular weight is 382 g/mol. The van der Waals surface area contributed by atoms with Crippen molar-refractivity contribution in [2.24, 2.45) is 17.3 Å². The molecule has 1 amide bonds. The number of carbonyl (C=O) groups excluding carboxylic acids is 1. The molecule has 5 heteroatoms. The van der Waals surface area contributed by atoms with E-state index in [1.165, 1.54) is 29.3 Å². The maximum atomic E-state index is 12.5. The van der Waals surface area contributed by atoms with Gasteiger partial charge < -0.3 is 10.0 Å². The summed E-state index contributed by atoms with van der Waals surface area (Å²) in [5.74, 6) is 1.06. The van der Waals surface area contributed by atoms with E-state index in [0.29, 0.717) is 24.3 Å². The molecule has 0 bridgehead atoms. The summed E-state index contributed by atoms with van der Waals surface area (Å²) < 4.78 is 2.11. The summed E-state index contributed by atoms with van der Waals surface area (Å²) in [6.07, 6.45) is 6.82. The lowest BCUT2D eigenvalue weighted by Gasteiger charge is -2.60. The Balaban J connectivity index is 1.15. The summed E-state index contributed by atoms with van der Waals surface area (Å²) in [6, 6.07) is 7.13. The molecule has 0 unspecified atom stereocenters. The average Bonchev–Trinajstić information content (AvgIpc) is 2.96. The molecule has 0 atom stereocenters. The number of fused-ring (bicyclic) bond motifs is 1. The lowest BCUT2D eigenvalue weighted by molar-refractivity contribution is -0.171. The highest BCUT2D eigenvalue weighted by molar-refractivity contribution is 5.81. The summed E-state index contributed by atoms with van der Waals surface area (Å²) in [7, 11) is 0. The Morgan fingerprint density at radius 3 is 2.61 bits per heavy atom. The minimum Gasteiger partial charge on any atom is -0.390 e. The fourth-order valence-corrected chi connectivity index (χ4v) is 5.88. The molecule has 1 N–H and O–H groups in total. The van der Waals surface area contributed by atoms with Crippen molar-refractivity contribution in [2.45, 2.75) is 64.5 Å². The summed E-state index contributed by atoms with van der Waals surface area (Å²) in [4.78, 5) is 14.5.